The second kappa shape index (κ2) is 8.47. The predicted octanol–water partition coefficient (Wildman–Crippen LogP) is 3.55. The van der Waals surface area contributed by atoms with Crippen molar-refractivity contribution in [3.8, 4) is 10.4 Å². The van der Waals surface area contributed by atoms with Crippen LogP contribution in [0.15, 0.2) is 36.4 Å². The third kappa shape index (κ3) is 4.14. The Balaban J connectivity index is 1.74. The molecule has 2 amide bonds. The summed E-state index contributed by atoms with van der Waals surface area (Å²) in [6.45, 7) is 1.48. The van der Waals surface area contributed by atoms with Gasteiger partial charge in [-0.25, -0.2) is 0 Å². The molecule has 1 atom stereocenters. The minimum atomic E-state index is -0.416. The number of amides is 2. The lowest BCUT2D eigenvalue weighted by Crippen LogP contribution is -2.44. The molecule has 2 aromatic rings. The molecule has 0 bridgehead atoms. The second-order valence-electron chi connectivity index (χ2n) is 6.54. The van der Waals surface area contributed by atoms with Gasteiger partial charge in [0.2, 0.25) is 0 Å². The van der Waals surface area contributed by atoms with E-state index in [1.54, 1.807) is 13.2 Å². The Morgan fingerprint density at radius 1 is 1.19 bits per heavy atom. The van der Waals surface area contributed by atoms with E-state index in [4.69, 9.17) is 10.5 Å². The number of likely N-dealkylation sites (tertiary alicyclic amines) is 1. The van der Waals surface area contributed by atoms with E-state index in [0.29, 0.717) is 17.0 Å². The first-order valence-corrected chi connectivity index (χ1v) is 9.72. The number of methoxy groups -OCH3 is 1. The molecule has 1 saturated heterocycles. The van der Waals surface area contributed by atoms with Crippen LogP contribution in [-0.4, -0.2) is 43.0 Å². The zero-order valence-corrected chi connectivity index (χ0v) is 15.8. The SMILES string of the molecule is COCC[C@H]1CCCCN1C(=O)c1ccc(-c2ccc(C(N)=O)s2)cc1. The Labute approximate surface area is 157 Å². The average Bonchev–Trinajstić information content (AvgIpc) is 3.17. The highest BCUT2D eigenvalue weighted by Crippen LogP contribution is 2.29. The molecule has 1 aromatic carbocycles. The highest BCUT2D eigenvalue weighted by Gasteiger charge is 2.27. The van der Waals surface area contributed by atoms with Gasteiger partial charge >= 0.3 is 0 Å². The monoisotopic (exact) mass is 372 g/mol. The third-order valence-corrected chi connectivity index (χ3v) is 5.96. The van der Waals surface area contributed by atoms with E-state index in [-0.39, 0.29) is 11.9 Å². The molecule has 138 valence electrons. The quantitative estimate of drug-likeness (QED) is 0.843. The molecular formula is C20H24N2O3S. The fraction of sp³-hybridized carbons (Fsp3) is 0.400. The zero-order valence-electron chi connectivity index (χ0n) is 14.9. The highest BCUT2D eigenvalue weighted by atomic mass is 32.1. The maximum absolute atomic E-state index is 12.9. The van der Waals surface area contributed by atoms with Gasteiger partial charge in [0.15, 0.2) is 0 Å². The summed E-state index contributed by atoms with van der Waals surface area (Å²) in [6, 6.07) is 11.5. The Hall–Kier alpha value is -2.18. The van der Waals surface area contributed by atoms with Gasteiger partial charge in [-0.1, -0.05) is 12.1 Å². The number of thiophene rings is 1. The van der Waals surface area contributed by atoms with Crippen molar-refractivity contribution in [1.82, 2.24) is 4.90 Å². The minimum Gasteiger partial charge on any atom is -0.385 e. The molecule has 1 aliphatic rings. The molecule has 0 radical (unpaired) electrons. The molecule has 5 nitrogen and oxygen atoms in total. The summed E-state index contributed by atoms with van der Waals surface area (Å²) in [5.74, 6) is -0.332. The van der Waals surface area contributed by atoms with E-state index in [9.17, 15) is 9.59 Å². The molecule has 1 aliphatic heterocycles. The van der Waals surface area contributed by atoms with Gasteiger partial charge in [-0.3, -0.25) is 9.59 Å². The van der Waals surface area contributed by atoms with Crippen molar-refractivity contribution in [2.45, 2.75) is 31.7 Å². The molecule has 0 spiro atoms. The molecular weight excluding hydrogens is 348 g/mol. The number of nitrogens with zero attached hydrogens (tertiary/aromatic N) is 1. The fourth-order valence-corrected chi connectivity index (χ4v) is 4.25. The number of primary amides is 1. The predicted molar refractivity (Wildman–Crippen MR) is 103 cm³/mol. The summed E-state index contributed by atoms with van der Waals surface area (Å²) >= 11 is 1.36. The molecule has 0 saturated carbocycles. The molecule has 1 aromatic heterocycles. The lowest BCUT2D eigenvalue weighted by Gasteiger charge is -2.36. The number of nitrogens with two attached hydrogens (primary N) is 1. The first-order chi connectivity index (χ1) is 12.6. The van der Waals surface area contributed by atoms with E-state index in [1.165, 1.54) is 11.3 Å². The third-order valence-electron chi connectivity index (χ3n) is 4.81. The van der Waals surface area contributed by atoms with E-state index < -0.39 is 5.91 Å². The van der Waals surface area contributed by atoms with Crippen LogP contribution in [-0.2, 0) is 4.74 Å². The van der Waals surface area contributed by atoms with Gasteiger partial charge in [0.25, 0.3) is 11.8 Å². The topological polar surface area (TPSA) is 72.6 Å². The van der Waals surface area contributed by atoms with Crippen LogP contribution in [0.3, 0.4) is 0 Å². The number of ether oxygens (including phenoxy) is 1. The van der Waals surface area contributed by atoms with E-state index >= 15 is 0 Å². The van der Waals surface area contributed by atoms with Crippen molar-refractivity contribution in [3.05, 3.63) is 46.8 Å². The fourth-order valence-electron chi connectivity index (χ4n) is 3.39. The van der Waals surface area contributed by atoms with Crippen molar-refractivity contribution < 1.29 is 14.3 Å². The number of rotatable bonds is 6. The van der Waals surface area contributed by atoms with Crippen LogP contribution in [0.1, 0.15) is 45.7 Å². The van der Waals surface area contributed by atoms with Crippen molar-refractivity contribution in [3.63, 3.8) is 0 Å². The van der Waals surface area contributed by atoms with Crippen LogP contribution >= 0.6 is 11.3 Å². The molecule has 1 fully saturated rings. The Kier molecular flexibility index (Phi) is 6.06. The number of hydrogen-bond acceptors (Lipinski definition) is 4. The number of hydrogen-bond donors (Lipinski definition) is 1. The summed E-state index contributed by atoms with van der Waals surface area (Å²) in [7, 11) is 1.70. The molecule has 2 heterocycles. The van der Waals surface area contributed by atoms with Crippen LogP contribution < -0.4 is 5.73 Å². The molecule has 0 aliphatic carbocycles. The maximum Gasteiger partial charge on any atom is 0.258 e. The van der Waals surface area contributed by atoms with Gasteiger partial charge in [-0.15, -0.1) is 11.3 Å². The highest BCUT2D eigenvalue weighted by molar-refractivity contribution is 7.17. The van der Waals surface area contributed by atoms with Crippen molar-refractivity contribution in [2.75, 3.05) is 20.3 Å². The Morgan fingerprint density at radius 3 is 2.62 bits per heavy atom. The summed E-state index contributed by atoms with van der Waals surface area (Å²) < 4.78 is 5.19. The largest absolute Gasteiger partial charge is 0.385 e. The molecule has 2 N–H and O–H groups in total. The van der Waals surface area contributed by atoms with E-state index in [1.807, 2.05) is 35.2 Å². The first kappa shape index (κ1) is 18.6. The molecule has 26 heavy (non-hydrogen) atoms. The maximum atomic E-state index is 12.9. The van der Waals surface area contributed by atoms with E-state index in [0.717, 1.165) is 42.7 Å². The summed E-state index contributed by atoms with van der Waals surface area (Å²) in [5, 5.41) is 0. The van der Waals surface area contributed by atoms with Gasteiger partial charge < -0.3 is 15.4 Å². The lowest BCUT2D eigenvalue weighted by molar-refractivity contribution is 0.0553. The zero-order chi connectivity index (χ0) is 18.5. The van der Waals surface area contributed by atoms with Crippen molar-refractivity contribution >= 4 is 23.2 Å². The van der Waals surface area contributed by atoms with Gasteiger partial charge in [-0.05, 0) is 55.5 Å². The van der Waals surface area contributed by atoms with Crippen LogP contribution in [0.25, 0.3) is 10.4 Å². The summed E-state index contributed by atoms with van der Waals surface area (Å²) in [6.07, 6.45) is 4.14. The number of benzene rings is 1. The molecule has 0 unspecified atom stereocenters. The number of piperidine rings is 1. The van der Waals surface area contributed by atoms with Crippen LogP contribution in [0.2, 0.25) is 0 Å². The minimum absolute atomic E-state index is 0.0846. The lowest BCUT2D eigenvalue weighted by atomic mass is 9.98. The van der Waals surface area contributed by atoms with Crippen molar-refractivity contribution in [2.24, 2.45) is 5.73 Å². The Bertz CT molecular complexity index is 770. The second-order valence-corrected chi connectivity index (χ2v) is 7.62. The standard InChI is InChI=1S/C20H24N2O3S/c1-25-13-11-16-4-2-3-12-22(16)20(24)15-7-5-14(6-8-15)17-9-10-18(26-17)19(21)23/h5-10,16H,2-4,11-13H2,1H3,(H2,21,23)/t16-/m1/s1. The first-order valence-electron chi connectivity index (χ1n) is 8.90. The number of carbonyl (C=O) groups excluding carboxylic acids is 2. The molecule has 6 heteroatoms. The smallest absolute Gasteiger partial charge is 0.258 e. The van der Waals surface area contributed by atoms with E-state index in [2.05, 4.69) is 0 Å². The van der Waals surface area contributed by atoms with Gasteiger partial charge in [-0.2, -0.15) is 0 Å². The number of carbonyl (C=O) groups is 2. The average molecular weight is 372 g/mol. The summed E-state index contributed by atoms with van der Waals surface area (Å²) in [5.41, 5.74) is 6.99. The van der Waals surface area contributed by atoms with Crippen molar-refractivity contribution in [1.29, 1.82) is 0 Å². The van der Waals surface area contributed by atoms with Gasteiger partial charge in [0.05, 0.1) is 4.88 Å². The van der Waals surface area contributed by atoms with Gasteiger partial charge in [0.1, 0.15) is 0 Å². The summed E-state index contributed by atoms with van der Waals surface area (Å²) in [4.78, 5) is 27.7. The normalized spacial score (nSPS) is 17.3. The van der Waals surface area contributed by atoms with Gasteiger partial charge in [0, 0.05) is 36.7 Å². The Morgan fingerprint density at radius 2 is 1.96 bits per heavy atom. The van der Waals surface area contributed by atoms with Crippen LogP contribution in [0, 0.1) is 0 Å². The van der Waals surface area contributed by atoms with Crippen LogP contribution in [0.5, 0.6) is 0 Å². The van der Waals surface area contributed by atoms with Crippen LogP contribution in [0.4, 0.5) is 0 Å². The molecule has 3 rings (SSSR count).